The van der Waals surface area contributed by atoms with E-state index in [0.717, 1.165) is 5.56 Å². The molecular weight excluding hydrogens is 254 g/mol. The van der Waals surface area contributed by atoms with Crippen molar-refractivity contribution in [3.8, 4) is 0 Å². The summed E-state index contributed by atoms with van der Waals surface area (Å²) in [4.78, 5) is 23.5. The Labute approximate surface area is 120 Å². The predicted octanol–water partition coefficient (Wildman–Crippen LogP) is 3.00. The van der Waals surface area contributed by atoms with Crippen molar-refractivity contribution in [1.29, 1.82) is 0 Å². The van der Waals surface area contributed by atoms with E-state index in [1.54, 1.807) is 6.92 Å². The van der Waals surface area contributed by atoms with Gasteiger partial charge >= 0.3 is 5.97 Å². The van der Waals surface area contributed by atoms with Gasteiger partial charge in [0.15, 0.2) is 0 Å². The molecule has 1 aromatic rings. The summed E-state index contributed by atoms with van der Waals surface area (Å²) in [5.41, 5.74) is -0.0389. The number of carbonyl (C=O) groups is 2. The van der Waals surface area contributed by atoms with Crippen LogP contribution in [0, 0.1) is 11.3 Å². The lowest BCUT2D eigenvalue weighted by Gasteiger charge is -2.29. The van der Waals surface area contributed by atoms with Gasteiger partial charge in [-0.3, -0.25) is 9.59 Å². The first-order valence-electron chi connectivity index (χ1n) is 6.85. The quantitative estimate of drug-likeness (QED) is 0.840. The Bertz CT molecular complexity index is 470. The molecule has 0 saturated carbocycles. The molecule has 4 heteroatoms. The Morgan fingerprint density at radius 3 is 2.20 bits per heavy atom. The summed E-state index contributed by atoms with van der Waals surface area (Å²) in [6.45, 7) is 7.15. The van der Waals surface area contributed by atoms with Gasteiger partial charge in [0, 0.05) is 6.42 Å². The first-order chi connectivity index (χ1) is 9.27. The molecular formula is C16H23NO3. The zero-order chi connectivity index (χ0) is 15.3. The smallest absolute Gasteiger partial charge is 0.310 e. The Hall–Kier alpha value is -1.84. The zero-order valence-corrected chi connectivity index (χ0v) is 12.5. The van der Waals surface area contributed by atoms with Crippen LogP contribution in [0.25, 0.3) is 0 Å². The van der Waals surface area contributed by atoms with E-state index in [2.05, 4.69) is 5.32 Å². The summed E-state index contributed by atoms with van der Waals surface area (Å²) >= 11 is 0. The summed E-state index contributed by atoms with van der Waals surface area (Å²) in [5.74, 6) is -1.28. The molecule has 2 N–H and O–H groups in total. The number of hydrogen-bond acceptors (Lipinski definition) is 2. The number of amides is 1. The van der Waals surface area contributed by atoms with Gasteiger partial charge in [0.1, 0.15) is 0 Å². The molecule has 0 aliphatic heterocycles. The summed E-state index contributed by atoms with van der Waals surface area (Å²) < 4.78 is 0. The Morgan fingerprint density at radius 2 is 1.75 bits per heavy atom. The highest BCUT2D eigenvalue weighted by molar-refractivity contribution is 5.85. The van der Waals surface area contributed by atoms with Crippen molar-refractivity contribution >= 4 is 11.9 Å². The van der Waals surface area contributed by atoms with Crippen LogP contribution in [0.5, 0.6) is 0 Å². The van der Waals surface area contributed by atoms with Crippen molar-refractivity contribution < 1.29 is 14.7 Å². The van der Waals surface area contributed by atoms with E-state index in [9.17, 15) is 14.7 Å². The van der Waals surface area contributed by atoms with Crippen LogP contribution in [0.4, 0.5) is 0 Å². The molecule has 4 nitrogen and oxygen atoms in total. The molecule has 2 atom stereocenters. The molecule has 0 fully saturated rings. The lowest BCUT2D eigenvalue weighted by Crippen LogP contribution is -2.39. The fourth-order valence-corrected chi connectivity index (χ4v) is 1.98. The van der Waals surface area contributed by atoms with Crippen molar-refractivity contribution in [2.45, 2.75) is 40.2 Å². The van der Waals surface area contributed by atoms with Gasteiger partial charge in [-0.15, -0.1) is 0 Å². The van der Waals surface area contributed by atoms with Crippen LogP contribution in [0.2, 0.25) is 0 Å². The largest absolute Gasteiger partial charge is 0.481 e. The van der Waals surface area contributed by atoms with Crippen molar-refractivity contribution in [3.05, 3.63) is 35.9 Å². The van der Waals surface area contributed by atoms with Gasteiger partial charge in [0.25, 0.3) is 0 Å². The highest BCUT2D eigenvalue weighted by Gasteiger charge is 2.38. The number of carboxylic acids is 1. The number of rotatable bonds is 6. The minimum absolute atomic E-state index is 0.0167. The lowest BCUT2D eigenvalue weighted by molar-refractivity contribution is -0.153. The molecule has 0 spiro atoms. The number of carboxylic acid groups (broad SMARTS) is 1. The topological polar surface area (TPSA) is 66.4 Å². The van der Waals surface area contributed by atoms with Gasteiger partial charge in [-0.1, -0.05) is 44.2 Å². The second-order valence-electron chi connectivity index (χ2n) is 5.75. The van der Waals surface area contributed by atoms with E-state index >= 15 is 0 Å². The molecule has 1 unspecified atom stereocenters. The molecule has 20 heavy (non-hydrogen) atoms. The maximum atomic E-state index is 12.1. The molecule has 0 bridgehead atoms. The number of hydrogen-bond donors (Lipinski definition) is 2. The van der Waals surface area contributed by atoms with Crippen LogP contribution >= 0.6 is 0 Å². The molecule has 0 aromatic heterocycles. The maximum Gasteiger partial charge on any atom is 0.310 e. The predicted molar refractivity (Wildman–Crippen MR) is 78.2 cm³/mol. The summed E-state index contributed by atoms with van der Waals surface area (Å²) in [6, 6.07) is 9.47. The van der Waals surface area contributed by atoms with Crippen LogP contribution in [-0.4, -0.2) is 17.0 Å². The third-order valence-electron chi connectivity index (χ3n) is 3.97. The van der Waals surface area contributed by atoms with Crippen molar-refractivity contribution in [2.75, 3.05) is 0 Å². The Balaban J connectivity index is 2.70. The minimum Gasteiger partial charge on any atom is -0.481 e. The van der Waals surface area contributed by atoms with Crippen molar-refractivity contribution in [3.63, 3.8) is 0 Å². The first-order valence-corrected chi connectivity index (χ1v) is 6.85. The molecule has 1 amide bonds. The summed E-state index contributed by atoms with van der Waals surface area (Å²) in [5, 5.41) is 12.2. The maximum absolute atomic E-state index is 12.1. The highest BCUT2D eigenvalue weighted by atomic mass is 16.4. The monoisotopic (exact) mass is 277 g/mol. The summed E-state index contributed by atoms with van der Waals surface area (Å²) in [7, 11) is 0. The van der Waals surface area contributed by atoms with E-state index in [-0.39, 0.29) is 24.3 Å². The van der Waals surface area contributed by atoms with Crippen LogP contribution < -0.4 is 5.32 Å². The van der Waals surface area contributed by atoms with E-state index in [4.69, 9.17) is 0 Å². The van der Waals surface area contributed by atoms with Gasteiger partial charge in [0.2, 0.25) is 5.91 Å². The van der Waals surface area contributed by atoms with Crippen LogP contribution in [0.1, 0.15) is 45.7 Å². The molecule has 0 saturated heterocycles. The molecule has 0 aliphatic carbocycles. The van der Waals surface area contributed by atoms with Gasteiger partial charge in [0.05, 0.1) is 11.5 Å². The second kappa shape index (κ2) is 6.55. The average Bonchev–Trinajstić information content (AvgIpc) is 2.38. The van der Waals surface area contributed by atoms with Crippen LogP contribution in [0.15, 0.2) is 30.3 Å². The van der Waals surface area contributed by atoms with Crippen molar-refractivity contribution in [2.24, 2.45) is 11.3 Å². The molecule has 110 valence electrons. The van der Waals surface area contributed by atoms with Crippen LogP contribution in [-0.2, 0) is 9.59 Å². The fraction of sp³-hybridized carbons (Fsp3) is 0.500. The van der Waals surface area contributed by atoms with Crippen LogP contribution in [0.3, 0.4) is 0 Å². The Kier molecular flexibility index (Phi) is 5.31. The molecule has 1 rings (SSSR count). The normalized spacial score (nSPS) is 15.4. The number of benzene rings is 1. The summed E-state index contributed by atoms with van der Waals surface area (Å²) in [6.07, 6.45) is -0.0167. The lowest BCUT2D eigenvalue weighted by atomic mass is 9.76. The first kappa shape index (κ1) is 16.2. The molecule has 0 heterocycles. The van der Waals surface area contributed by atoms with Gasteiger partial charge < -0.3 is 10.4 Å². The Morgan fingerprint density at radius 1 is 1.20 bits per heavy atom. The van der Waals surface area contributed by atoms with E-state index < -0.39 is 11.4 Å². The second-order valence-corrected chi connectivity index (χ2v) is 5.75. The number of nitrogens with one attached hydrogen (secondary N) is 1. The van der Waals surface area contributed by atoms with E-state index in [0.29, 0.717) is 0 Å². The SMILES string of the molecule is CC(C)C(C)(CC(=O)N[C@@H](C)c1ccccc1)C(=O)O. The standard InChI is InChI=1S/C16H23NO3/c1-11(2)16(4,15(19)20)10-14(18)17-12(3)13-8-6-5-7-9-13/h5-9,11-12H,10H2,1-4H3,(H,17,18)(H,19,20)/t12-,16?/m0/s1. The fourth-order valence-electron chi connectivity index (χ4n) is 1.98. The van der Waals surface area contributed by atoms with Gasteiger partial charge in [-0.05, 0) is 25.3 Å². The van der Waals surface area contributed by atoms with Crippen molar-refractivity contribution in [1.82, 2.24) is 5.32 Å². The third-order valence-corrected chi connectivity index (χ3v) is 3.97. The minimum atomic E-state index is -1.04. The molecule has 1 aromatic carbocycles. The number of aliphatic carboxylic acids is 1. The van der Waals surface area contributed by atoms with E-state index in [1.165, 1.54) is 0 Å². The van der Waals surface area contributed by atoms with Gasteiger partial charge in [-0.25, -0.2) is 0 Å². The average molecular weight is 277 g/mol. The van der Waals surface area contributed by atoms with E-state index in [1.807, 2.05) is 51.1 Å². The number of carbonyl (C=O) groups excluding carboxylic acids is 1. The molecule has 0 aliphatic rings. The third kappa shape index (κ3) is 3.83. The molecule has 0 radical (unpaired) electrons. The zero-order valence-electron chi connectivity index (χ0n) is 12.5. The highest BCUT2D eigenvalue weighted by Crippen LogP contribution is 2.31. The van der Waals surface area contributed by atoms with Gasteiger partial charge in [-0.2, -0.15) is 0 Å².